The number of carbonyl (C=O) groups is 1. The van der Waals surface area contributed by atoms with Gasteiger partial charge in [0.15, 0.2) is 6.61 Å². The van der Waals surface area contributed by atoms with E-state index in [0.717, 1.165) is 25.7 Å². The number of ether oxygens (including phenoxy) is 1. The molecule has 0 spiro atoms. The van der Waals surface area contributed by atoms with Crippen molar-refractivity contribution in [2.45, 2.75) is 63.4 Å². The van der Waals surface area contributed by atoms with Crippen LogP contribution in [0.4, 0.5) is 4.79 Å². The van der Waals surface area contributed by atoms with E-state index in [0.29, 0.717) is 0 Å². The summed E-state index contributed by atoms with van der Waals surface area (Å²) in [5.41, 5.74) is -0.370. The summed E-state index contributed by atoms with van der Waals surface area (Å²) in [6, 6.07) is 0. The van der Waals surface area contributed by atoms with E-state index in [9.17, 15) is 14.9 Å². The zero-order valence-corrected chi connectivity index (χ0v) is 14.1. The van der Waals surface area contributed by atoms with Gasteiger partial charge >= 0.3 is 10.5 Å². The van der Waals surface area contributed by atoms with Gasteiger partial charge in [-0.1, -0.05) is 26.7 Å². The number of hydrogen-bond donors (Lipinski definition) is 1. The fraction of sp³-hybridized carbons (Fsp3) is 0.923. The third kappa shape index (κ3) is 3.84. The summed E-state index contributed by atoms with van der Waals surface area (Å²) in [6.07, 6.45) is 3.53. The monoisotopic (exact) mass is 350 g/mol. The highest BCUT2D eigenvalue weighted by Gasteiger charge is 2.44. The molecule has 20 heavy (non-hydrogen) atoms. The lowest BCUT2D eigenvalue weighted by Crippen LogP contribution is -2.57. The predicted molar refractivity (Wildman–Crippen MR) is 79.5 cm³/mol. The number of alkyl halides is 1. The van der Waals surface area contributed by atoms with Crippen LogP contribution in [0.2, 0.25) is 0 Å². The third-order valence-corrected chi connectivity index (χ3v) is 4.97. The molecule has 0 heterocycles. The van der Waals surface area contributed by atoms with Crippen molar-refractivity contribution < 1.29 is 14.5 Å². The maximum Gasteiger partial charge on any atom is 0.407 e. The van der Waals surface area contributed by atoms with Crippen LogP contribution < -0.4 is 5.32 Å². The molecule has 0 aliphatic heterocycles. The Balaban J connectivity index is 2.60. The fourth-order valence-electron chi connectivity index (χ4n) is 2.40. The second kappa shape index (κ2) is 5.87. The SMILES string of the molecule is CC(Br)(COC(=O)NC1(C)CCCCC1(C)C)[N+](=O)[O-]. The van der Waals surface area contributed by atoms with E-state index in [-0.39, 0.29) is 17.6 Å². The van der Waals surface area contributed by atoms with Crippen LogP contribution in [0.3, 0.4) is 0 Å². The molecule has 7 heteroatoms. The Morgan fingerprint density at radius 1 is 1.40 bits per heavy atom. The first kappa shape index (κ1) is 17.2. The summed E-state index contributed by atoms with van der Waals surface area (Å²) in [5, 5.41) is 13.6. The molecule has 1 amide bonds. The Hall–Kier alpha value is -0.850. The first-order valence-electron chi connectivity index (χ1n) is 6.79. The summed E-state index contributed by atoms with van der Waals surface area (Å²) in [4.78, 5) is 22.1. The number of nitrogens with zero attached hydrogens (tertiary/aromatic N) is 1. The zero-order chi connectivity index (χ0) is 15.6. The largest absolute Gasteiger partial charge is 0.441 e. The normalized spacial score (nSPS) is 28.2. The first-order chi connectivity index (χ1) is 9.00. The highest BCUT2D eigenvalue weighted by molar-refractivity contribution is 9.10. The van der Waals surface area contributed by atoms with E-state index in [4.69, 9.17) is 4.74 Å². The summed E-state index contributed by atoms with van der Waals surface area (Å²) >= 11 is 2.93. The van der Waals surface area contributed by atoms with Gasteiger partial charge in [0, 0.05) is 33.3 Å². The Morgan fingerprint density at radius 3 is 2.45 bits per heavy atom. The lowest BCUT2D eigenvalue weighted by molar-refractivity contribution is -0.533. The Bertz CT molecular complexity index is 398. The van der Waals surface area contributed by atoms with Crippen molar-refractivity contribution in [1.82, 2.24) is 5.32 Å². The van der Waals surface area contributed by atoms with Gasteiger partial charge in [-0.25, -0.2) is 4.79 Å². The molecule has 0 saturated heterocycles. The molecule has 1 rings (SSSR count). The van der Waals surface area contributed by atoms with Gasteiger partial charge < -0.3 is 10.1 Å². The van der Waals surface area contributed by atoms with E-state index >= 15 is 0 Å². The average Bonchev–Trinajstić information content (AvgIpc) is 2.30. The quantitative estimate of drug-likeness (QED) is 0.364. The van der Waals surface area contributed by atoms with Crippen LogP contribution in [0.5, 0.6) is 0 Å². The summed E-state index contributed by atoms with van der Waals surface area (Å²) < 4.78 is 3.54. The molecule has 1 aliphatic rings. The van der Waals surface area contributed by atoms with Crippen molar-refractivity contribution in [2.24, 2.45) is 5.41 Å². The highest BCUT2D eigenvalue weighted by atomic mass is 79.9. The zero-order valence-electron chi connectivity index (χ0n) is 12.5. The van der Waals surface area contributed by atoms with Crippen molar-refractivity contribution in [1.29, 1.82) is 0 Å². The average molecular weight is 351 g/mol. The molecule has 1 fully saturated rings. The van der Waals surface area contributed by atoms with Gasteiger partial charge in [0.1, 0.15) is 0 Å². The van der Waals surface area contributed by atoms with Gasteiger partial charge in [-0.15, -0.1) is 0 Å². The van der Waals surface area contributed by atoms with E-state index in [1.165, 1.54) is 6.92 Å². The van der Waals surface area contributed by atoms with E-state index in [1.54, 1.807) is 0 Å². The number of halogens is 1. The smallest absolute Gasteiger partial charge is 0.407 e. The second-order valence-corrected chi connectivity index (χ2v) is 8.23. The minimum atomic E-state index is -1.45. The van der Waals surface area contributed by atoms with Crippen molar-refractivity contribution in [3.63, 3.8) is 0 Å². The van der Waals surface area contributed by atoms with Crippen molar-refractivity contribution >= 4 is 22.0 Å². The summed E-state index contributed by atoms with van der Waals surface area (Å²) in [7, 11) is 0. The molecule has 1 aliphatic carbocycles. The van der Waals surface area contributed by atoms with Crippen LogP contribution in [0.1, 0.15) is 53.4 Å². The predicted octanol–water partition coefficient (Wildman–Crippen LogP) is 3.46. The van der Waals surface area contributed by atoms with Crippen LogP contribution in [0.25, 0.3) is 0 Å². The molecule has 0 aromatic heterocycles. The molecule has 0 bridgehead atoms. The summed E-state index contributed by atoms with van der Waals surface area (Å²) in [5.74, 6) is 0. The van der Waals surface area contributed by atoms with Crippen molar-refractivity contribution in [2.75, 3.05) is 6.61 Å². The minimum absolute atomic E-state index is 0.0227. The van der Waals surface area contributed by atoms with Crippen LogP contribution in [-0.2, 0) is 4.74 Å². The number of nitro groups is 1. The van der Waals surface area contributed by atoms with Crippen LogP contribution in [-0.4, -0.2) is 27.6 Å². The molecule has 1 N–H and O–H groups in total. The molecule has 6 nitrogen and oxygen atoms in total. The highest BCUT2D eigenvalue weighted by Crippen LogP contribution is 2.43. The summed E-state index contributed by atoms with van der Waals surface area (Å²) in [6.45, 7) is 7.29. The third-order valence-electron chi connectivity index (χ3n) is 4.45. The second-order valence-electron chi connectivity index (χ2n) is 6.52. The Kier molecular flexibility index (Phi) is 5.05. The van der Waals surface area contributed by atoms with Crippen LogP contribution in [0.15, 0.2) is 0 Å². The van der Waals surface area contributed by atoms with Gasteiger partial charge in [-0.2, -0.15) is 0 Å². The number of hydrogen-bond acceptors (Lipinski definition) is 4. The van der Waals surface area contributed by atoms with Crippen LogP contribution >= 0.6 is 15.9 Å². The number of nitrogens with one attached hydrogen (secondary N) is 1. The minimum Gasteiger partial charge on any atom is -0.441 e. The molecule has 0 aromatic rings. The molecule has 0 radical (unpaired) electrons. The molecular weight excluding hydrogens is 328 g/mol. The number of rotatable bonds is 4. The molecule has 116 valence electrons. The van der Waals surface area contributed by atoms with E-state index in [1.807, 2.05) is 6.92 Å². The van der Waals surface area contributed by atoms with Crippen molar-refractivity contribution in [3.8, 4) is 0 Å². The number of alkyl carbamates (subject to hydrolysis) is 1. The van der Waals surface area contributed by atoms with E-state index < -0.39 is 15.5 Å². The first-order valence-corrected chi connectivity index (χ1v) is 7.58. The Morgan fingerprint density at radius 2 is 1.95 bits per heavy atom. The molecular formula is C13H23BrN2O4. The topological polar surface area (TPSA) is 81.5 Å². The maximum atomic E-state index is 11.9. The van der Waals surface area contributed by atoms with E-state index in [2.05, 4.69) is 35.1 Å². The van der Waals surface area contributed by atoms with Crippen LogP contribution in [0, 0.1) is 15.5 Å². The Labute approximate surface area is 127 Å². The number of carbonyl (C=O) groups excluding carboxylic acids is 1. The number of amides is 1. The van der Waals surface area contributed by atoms with Gasteiger partial charge in [0.2, 0.25) is 0 Å². The lowest BCUT2D eigenvalue weighted by Gasteiger charge is -2.48. The van der Waals surface area contributed by atoms with Gasteiger partial charge in [0.25, 0.3) is 0 Å². The van der Waals surface area contributed by atoms with Crippen molar-refractivity contribution in [3.05, 3.63) is 10.1 Å². The van der Waals surface area contributed by atoms with Gasteiger partial charge in [-0.05, 0) is 25.2 Å². The van der Waals surface area contributed by atoms with Gasteiger partial charge in [0.05, 0.1) is 0 Å². The lowest BCUT2D eigenvalue weighted by atomic mass is 9.64. The maximum absolute atomic E-state index is 11.9. The fourth-order valence-corrected chi connectivity index (χ4v) is 2.52. The van der Waals surface area contributed by atoms with Gasteiger partial charge in [-0.3, -0.25) is 10.1 Å². The molecule has 0 aromatic carbocycles. The molecule has 2 unspecified atom stereocenters. The standard InChI is InChI=1S/C13H23BrN2O4/c1-11(2)7-5-6-8-12(11,3)15-10(17)20-9-13(4,14)16(18)19/h5-9H2,1-4H3,(H,15,17). The molecule has 1 saturated carbocycles. The molecule has 2 atom stereocenters.